The van der Waals surface area contributed by atoms with E-state index in [-0.39, 0.29) is 5.02 Å². The first-order valence-electron chi connectivity index (χ1n) is 2.75. The van der Waals surface area contributed by atoms with Crippen molar-refractivity contribution in [2.45, 2.75) is 0 Å². The minimum Gasteiger partial charge on any atom is -0.298 e. The summed E-state index contributed by atoms with van der Waals surface area (Å²) in [6.45, 7) is 0. The highest BCUT2D eigenvalue weighted by Gasteiger charge is 2.04. The van der Waals surface area contributed by atoms with Crippen molar-refractivity contribution < 1.29 is 9.18 Å². The van der Waals surface area contributed by atoms with Gasteiger partial charge in [0, 0.05) is 9.13 Å². The van der Waals surface area contributed by atoms with Gasteiger partial charge in [-0.3, -0.25) is 4.79 Å². The summed E-state index contributed by atoms with van der Waals surface area (Å²) in [6, 6.07) is 2.54. The van der Waals surface area contributed by atoms with Crippen molar-refractivity contribution in [1.82, 2.24) is 0 Å². The molecule has 11 heavy (non-hydrogen) atoms. The van der Waals surface area contributed by atoms with E-state index in [4.69, 9.17) is 11.6 Å². The molecule has 0 saturated carbocycles. The molecule has 58 valence electrons. The van der Waals surface area contributed by atoms with E-state index in [9.17, 15) is 9.18 Å². The molecule has 0 aliphatic heterocycles. The summed E-state index contributed by atoms with van der Waals surface area (Å²) in [5.74, 6) is -0.561. The smallest absolute Gasteiger partial charge is 0.151 e. The van der Waals surface area contributed by atoms with E-state index in [2.05, 4.69) is 0 Å². The van der Waals surface area contributed by atoms with Crippen LogP contribution in [0.5, 0.6) is 0 Å². The number of carbonyl (C=O) groups excluding carboxylic acids is 1. The predicted molar refractivity (Wildman–Crippen MR) is 49.5 cm³/mol. The van der Waals surface area contributed by atoms with Gasteiger partial charge < -0.3 is 0 Å². The van der Waals surface area contributed by atoms with Crippen molar-refractivity contribution in [2.24, 2.45) is 0 Å². The van der Waals surface area contributed by atoms with Crippen LogP contribution in [-0.2, 0) is 0 Å². The van der Waals surface area contributed by atoms with Gasteiger partial charge in [0.25, 0.3) is 0 Å². The molecule has 0 aliphatic carbocycles. The Labute approximate surface area is 81.7 Å². The summed E-state index contributed by atoms with van der Waals surface area (Å²) < 4.78 is 13.3. The number of carbonyl (C=O) groups is 1. The molecule has 0 spiro atoms. The number of halogens is 3. The quantitative estimate of drug-likeness (QED) is 0.440. The molecular formula is C7H3ClFIO. The maximum atomic E-state index is 12.7. The largest absolute Gasteiger partial charge is 0.298 e. The lowest BCUT2D eigenvalue weighted by Crippen LogP contribution is -1.88. The summed E-state index contributed by atoms with van der Waals surface area (Å²) in [5.41, 5.74) is 0.326. The van der Waals surface area contributed by atoms with Gasteiger partial charge in [0.05, 0.1) is 5.02 Å². The summed E-state index contributed by atoms with van der Waals surface area (Å²) >= 11 is 7.37. The van der Waals surface area contributed by atoms with Crippen molar-refractivity contribution >= 4 is 40.5 Å². The fourth-order valence-corrected chi connectivity index (χ4v) is 1.57. The van der Waals surface area contributed by atoms with Crippen molar-refractivity contribution in [2.75, 3.05) is 0 Å². The standard InChI is InChI=1S/C7H3ClFIO/c8-5-2-7(10)4(3-11)1-6(5)9/h1-3H. The van der Waals surface area contributed by atoms with Gasteiger partial charge in [-0.2, -0.15) is 0 Å². The molecule has 4 heteroatoms. The van der Waals surface area contributed by atoms with E-state index >= 15 is 0 Å². The molecule has 0 bridgehead atoms. The predicted octanol–water partition coefficient (Wildman–Crippen LogP) is 2.90. The molecule has 0 heterocycles. The van der Waals surface area contributed by atoms with Crippen LogP contribution in [-0.4, -0.2) is 6.29 Å². The second-order valence-electron chi connectivity index (χ2n) is 1.91. The Morgan fingerprint density at radius 1 is 1.55 bits per heavy atom. The minimum absolute atomic E-state index is 0.0417. The zero-order chi connectivity index (χ0) is 8.43. The van der Waals surface area contributed by atoms with E-state index < -0.39 is 5.82 Å². The zero-order valence-electron chi connectivity index (χ0n) is 5.27. The lowest BCUT2D eigenvalue weighted by molar-refractivity contribution is 0.112. The summed E-state index contributed by atoms with van der Waals surface area (Å²) in [6.07, 6.45) is 0.598. The summed E-state index contributed by atoms with van der Waals surface area (Å²) in [4.78, 5) is 10.3. The molecule has 0 saturated heterocycles. The van der Waals surface area contributed by atoms with Crippen molar-refractivity contribution in [3.05, 3.63) is 32.1 Å². The molecule has 1 aromatic rings. The number of rotatable bonds is 1. The normalized spacial score (nSPS) is 9.73. The first-order chi connectivity index (χ1) is 5.15. The maximum Gasteiger partial charge on any atom is 0.151 e. The van der Waals surface area contributed by atoms with Gasteiger partial charge in [-0.1, -0.05) is 11.6 Å². The Bertz CT molecular complexity index is 301. The van der Waals surface area contributed by atoms with Crippen molar-refractivity contribution in [1.29, 1.82) is 0 Å². The SMILES string of the molecule is O=Cc1cc(F)c(Cl)cc1I. The molecular weight excluding hydrogens is 281 g/mol. The molecule has 0 fully saturated rings. The Balaban J connectivity index is 3.31. The highest BCUT2D eigenvalue weighted by molar-refractivity contribution is 14.1. The molecule has 0 aliphatic rings. The summed E-state index contributed by atoms with van der Waals surface area (Å²) in [7, 11) is 0. The van der Waals surface area contributed by atoms with E-state index in [1.165, 1.54) is 6.07 Å². The number of hydrogen-bond donors (Lipinski definition) is 0. The highest BCUT2D eigenvalue weighted by Crippen LogP contribution is 2.20. The van der Waals surface area contributed by atoms with Crippen LogP contribution in [0.1, 0.15) is 10.4 Å². The third-order valence-corrected chi connectivity index (χ3v) is 2.39. The molecule has 0 amide bonds. The molecule has 0 atom stereocenters. The molecule has 0 radical (unpaired) electrons. The van der Waals surface area contributed by atoms with Crippen LogP contribution in [0, 0.1) is 9.39 Å². The van der Waals surface area contributed by atoms with Gasteiger partial charge in [-0.05, 0) is 34.7 Å². The Morgan fingerprint density at radius 3 is 2.73 bits per heavy atom. The molecule has 1 nitrogen and oxygen atoms in total. The lowest BCUT2D eigenvalue weighted by Gasteiger charge is -1.97. The molecule has 0 N–H and O–H groups in total. The number of aldehydes is 1. The minimum atomic E-state index is -0.561. The Hall–Kier alpha value is -0.160. The van der Waals surface area contributed by atoms with Crippen LogP contribution >= 0.6 is 34.2 Å². The number of hydrogen-bond acceptors (Lipinski definition) is 1. The van der Waals surface area contributed by atoms with E-state index in [0.29, 0.717) is 15.4 Å². The number of benzene rings is 1. The van der Waals surface area contributed by atoms with Gasteiger partial charge in [0.1, 0.15) is 5.82 Å². The van der Waals surface area contributed by atoms with Gasteiger partial charge in [-0.25, -0.2) is 4.39 Å². The average molecular weight is 284 g/mol. The van der Waals surface area contributed by atoms with Crippen LogP contribution in [0.15, 0.2) is 12.1 Å². The van der Waals surface area contributed by atoms with E-state index in [1.54, 1.807) is 0 Å². The maximum absolute atomic E-state index is 12.7. The van der Waals surface area contributed by atoms with Gasteiger partial charge in [0.2, 0.25) is 0 Å². The summed E-state index contributed by atoms with van der Waals surface area (Å²) in [5, 5.41) is 0.0417. The highest BCUT2D eigenvalue weighted by atomic mass is 127. The van der Waals surface area contributed by atoms with E-state index in [1.807, 2.05) is 22.6 Å². The molecule has 1 rings (SSSR count). The zero-order valence-corrected chi connectivity index (χ0v) is 8.19. The van der Waals surface area contributed by atoms with Gasteiger partial charge in [0.15, 0.2) is 6.29 Å². The topological polar surface area (TPSA) is 17.1 Å². The fraction of sp³-hybridized carbons (Fsp3) is 0. The average Bonchev–Trinajstić information content (AvgIpc) is 1.97. The fourth-order valence-electron chi connectivity index (χ4n) is 0.628. The molecule has 0 unspecified atom stereocenters. The second-order valence-corrected chi connectivity index (χ2v) is 3.48. The van der Waals surface area contributed by atoms with Crippen LogP contribution in [0.2, 0.25) is 5.02 Å². The Morgan fingerprint density at radius 2 is 2.18 bits per heavy atom. The van der Waals surface area contributed by atoms with Crippen molar-refractivity contribution in [3.8, 4) is 0 Å². The van der Waals surface area contributed by atoms with Gasteiger partial charge in [-0.15, -0.1) is 0 Å². The van der Waals surface area contributed by atoms with Crippen LogP contribution < -0.4 is 0 Å². The molecule has 0 aromatic heterocycles. The lowest BCUT2D eigenvalue weighted by atomic mass is 10.2. The van der Waals surface area contributed by atoms with Crippen LogP contribution in [0.4, 0.5) is 4.39 Å². The Kier molecular flexibility index (Phi) is 2.84. The van der Waals surface area contributed by atoms with E-state index in [0.717, 1.165) is 6.07 Å². The van der Waals surface area contributed by atoms with Crippen LogP contribution in [0.3, 0.4) is 0 Å². The monoisotopic (exact) mass is 284 g/mol. The first kappa shape index (κ1) is 8.93. The molecule has 1 aromatic carbocycles. The first-order valence-corrected chi connectivity index (χ1v) is 4.20. The van der Waals surface area contributed by atoms with Crippen molar-refractivity contribution in [3.63, 3.8) is 0 Å². The van der Waals surface area contributed by atoms with Crippen LogP contribution in [0.25, 0.3) is 0 Å². The van der Waals surface area contributed by atoms with Gasteiger partial charge >= 0.3 is 0 Å². The second kappa shape index (κ2) is 3.49. The third-order valence-electron chi connectivity index (χ3n) is 1.17. The third kappa shape index (κ3) is 1.90.